The molecule has 5 heterocycles. The van der Waals surface area contributed by atoms with Crippen molar-refractivity contribution >= 4 is 41.4 Å². The summed E-state index contributed by atoms with van der Waals surface area (Å²) in [7, 11) is 0. The minimum absolute atomic E-state index is 0.00743. The second-order valence-corrected chi connectivity index (χ2v) is 12.4. The number of nitrogens with zero attached hydrogens (tertiary/aromatic N) is 6. The Bertz CT molecular complexity index is 1320. The number of ether oxygens (including phenoxy) is 1. The van der Waals surface area contributed by atoms with Gasteiger partial charge >= 0.3 is 11.9 Å². The number of rotatable bonds is 10. The lowest BCUT2D eigenvalue weighted by atomic mass is 9.78. The highest BCUT2D eigenvalue weighted by Gasteiger charge is 2.60. The fourth-order valence-corrected chi connectivity index (χ4v) is 7.72. The third kappa shape index (κ3) is 5.47. The average molecular weight is 606 g/mol. The van der Waals surface area contributed by atoms with Crippen molar-refractivity contribution in [2.75, 3.05) is 26.2 Å². The molecule has 3 amide bonds. The van der Waals surface area contributed by atoms with E-state index in [9.17, 15) is 29.1 Å². The van der Waals surface area contributed by atoms with Gasteiger partial charge in [0.15, 0.2) is 0 Å². The van der Waals surface area contributed by atoms with Gasteiger partial charge in [-0.15, -0.1) is 16.9 Å². The van der Waals surface area contributed by atoms with Crippen LogP contribution in [0.2, 0.25) is 0 Å². The Morgan fingerprint density at radius 3 is 2.74 bits per heavy atom. The molecule has 42 heavy (non-hydrogen) atoms. The van der Waals surface area contributed by atoms with Crippen LogP contribution in [0.4, 0.5) is 0 Å². The number of carboxylic acid groups (broad SMARTS) is 1. The number of thioether (sulfide) groups is 1. The van der Waals surface area contributed by atoms with E-state index in [1.54, 1.807) is 18.7 Å². The number of β-lactam (4-membered cyclic amide) rings is 1. The molecule has 0 bridgehead atoms. The maximum absolute atomic E-state index is 13.3. The third-order valence-corrected chi connectivity index (χ3v) is 9.73. The van der Waals surface area contributed by atoms with Gasteiger partial charge in [-0.25, -0.2) is 14.3 Å². The molecule has 0 aromatic carbocycles. The van der Waals surface area contributed by atoms with Crippen molar-refractivity contribution < 1.29 is 33.8 Å². The van der Waals surface area contributed by atoms with E-state index in [1.807, 2.05) is 6.92 Å². The van der Waals surface area contributed by atoms with Crippen molar-refractivity contribution in [3.05, 3.63) is 16.4 Å². The van der Waals surface area contributed by atoms with E-state index in [0.717, 1.165) is 11.1 Å². The second-order valence-electron chi connectivity index (χ2n) is 11.0. The number of aliphatic carboxylic acids is 1. The largest absolute Gasteiger partial charge is 0.477 e. The van der Waals surface area contributed by atoms with E-state index < -0.39 is 35.8 Å². The molecule has 7 atom stereocenters. The molecule has 0 aliphatic carbocycles. The van der Waals surface area contributed by atoms with E-state index in [4.69, 9.17) is 10.5 Å². The fourth-order valence-electron chi connectivity index (χ4n) is 6.24. The van der Waals surface area contributed by atoms with Crippen molar-refractivity contribution in [2.45, 2.75) is 69.6 Å². The van der Waals surface area contributed by atoms with E-state index >= 15 is 0 Å². The number of esters is 1. The molecule has 5 rings (SSSR count). The molecular weight excluding hydrogens is 570 g/mol. The van der Waals surface area contributed by atoms with E-state index in [0.29, 0.717) is 31.0 Å². The van der Waals surface area contributed by atoms with Crippen LogP contribution in [0.3, 0.4) is 0 Å². The monoisotopic (exact) mass is 605 g/mol. The van der Waals surface area contributed by atoms with E-state index in [2.05, 4.69) is 26.2 Å². The Morgan fingerprint density at radius 2 is 2.07 bits per heavy atom. The first kappa shape index (κ1) is 29.9. The average Bonchev–Trinajstić information content (AvgIpc) is 3.72. The molecule has 228 valence electrons. The molecular formula is C25H35N9O7S. The SMILES string of the molecule is CCOC(=O)c1nnnn1CC(=O)N[C@H](C)[C@H]1C(=O)N2C(C(=O)O)=C(S[C@@H]3CN[C@H](C(=O)N4CC[C@@H](N)C4)C3)[C@H](C)[C@H]12. The topological polar surface area (TPSA) is 215 Å². The number of fused-ring (bicyclic) bond motifs is 1. The zero-order valence-electron chi connectivity index (χ0n) is 23.6. The highest BCUT2D eigenvalue weighted by atomic mass is 32.2. The molecule has 0 spiro atoms. The minimum atomic E-state index is -1.19. The number of carboxylic acids is 1. The van der Waals surface area contributed by atoms with Crippen molar-refractivity contribution in [1.82, 2.24) is 40.6 Å². The van der Waals surface area contributed by atoms with Crippen LogP contribution >= 0.6 is 11.8 Å². The highest BCUT2D eigenvalue weighted by Crippen LogP contribution is 2.51. The van der Waals surface area contributed by atoms with E-state index in [-0.39, 0.29) is 59.7 Å². The summed E-state index contributed by atoms with van der Waals surface area (Å²) in [5, 5.41) is 26.7. The Morgan fingerprint density at radius 1 is 1.31 bits per heavy atom. The summed E-state index contributed by atoms with van der Waals surface area (Å²) < 4.78 is 5.90. The zero-order chi connectivity index (χ0) is 30.3. The summed E-state index contributed by atoms with van der Waals surface area (Å²) in [6.07, 6.45) is 1.32. The molecule has 3 fully saturated rings. The number of carbonyl (C=O) groups excluding carboxylic acids is 4. The molecule has 3 saturated heterocycles. The number of carbonyl (C=O) groups is 5. The predicted molar refractivity (Wildman–Crippen MR) is 146 cm³/mol. The number of nitrogens with one attached hydrogen (secondary N) is 2. The zero-order valence-corrected chi connectivity index (χ0v) is 24.4. The van der Waals surface area contributed by atoms with Gasteiger partial charge in [0.2, 0.25) is 17.7 Å². The first-order valence-electron chi connectivity index (χ1n) is 14.0. The third-order valence-electron chi connectivity index (χ3n) is 8.22. The molecule has 16 nitrogen and oxygen atoms in total. The molecule has 4 aliphatic heterocycles. The Labute approximate surface area is 245 Å². The summed E-state index contributed by atoms with van der Waals surface area (Å²) >= 11 is 1.40. The number of tetrazole rings is 1. The molecule has 17 heteroatoms. The van der Waals surface area contributed by atoms with Gasteiger partial charge < -0.3 is 36.0 Å². The highest BCUT2D eigenvalue weighted by molar-refractivity contribution is 8.03. The van der Waals surface area contributed by atoms with Gasteiger partial charge in [-0.1, -0.05) is 6.92 Å². The standard InChI is InChI=1S/C25H35N9O7S/c1-4-41-25(40)21-29-30-31-33(21)10-16(35)28-12(3)17-18-11(2)20(19(24(38)39)34(18)23(17)37)42-14-7-15(27-8-14)22(36)32-6-5-13(26)9-32/h11-15,17-18,27H,4-10,26H2,1-3H3,(H,28,35)(H,38,39)/t11-,12-,13-,14+,15+,17-,18-/m1/s1. The van der Waals surface area contributed by atoms with Crippen LogP contribution < -0.4 is 16.4 Å². The Balaban J connectivity index is 1.22. The molecule has 1 aromatic heterocycles. The summed E-state index contributed by atoms with van der Waals surface area (Å²) in [4.78, 5) is 67.0. The summed E-state index contributed by atoms with van der Waals surface area (Å²) in [5.41, 5.74) is 5.92. The Kier molecular flexibility index (Phi) is 8.52. The number of aromatic nitrogens is 4. The molecule has 4 aliphatic rings. The number of hydrogen-bond donors (Lipinski definition) is 4. The van der Waals surface area contributed by atoms with Gasteiger partial charge in [0.05, 0.1) is 24.6 Å². The van der Waals surface area contributed by atoms with Crippen LogP contribution in [0.25, 0.3) is 0 Å². The van der Waals surface area contributed by atoms with Gasteiger partial charge in [-0.3, -0.25) is 14.4 Å². The first-order valence-corrected chi connectivity index (χ1v) is 14.9. The molecule has 5 N–H and O–H groups in total. The lowest BCUT2D eigenvalue weighted by molar-refractivity contribution is -0.158. The number of amides is 3. The van der Waals surface area contributed by atoms with Crippen molar-refractivity contribution in [2.24, 2.45) is 17.6 Å². The molecule has 1 aromatic rings. The fraction of sp³-hybridized carbons (Fsp3) is 0.680. The van der Waals surface area contributed by atoms with E-state index in [1.165, 1.54) is 16.7 Å². The quantitative estimate of drug-likeness (QED) is 0.170. The maximum Gasteiger partial charge on any atom is 0.378 e. The van der Waals surface area contributed by atoms with Gasteiger partial charge in [-0.2, -0.15) is 0 Å². The van der Waals surface area contributed by atoms with Gasteiger partial charge in [0.1, 0.15) is 12.2 Å². The summed E-state index contributed by atoms with van der Waals surface area (Å²) in [6, 6.07) is -1.43. The first-order chi connectivity index (χ1) is 20.0. The van der Waals surface area contributed by atoms with Crippen LogP contribution in [0.15, 0.2) is 10.6 Å². The van der Waals surface area contributed by atoms with Crippen molar-refractivity contribution in [1.29, 1.82) is 0 Å². The lowest BCUT2D eigenvalue weighted by Gasteiger charge is -2.47. The molecule has 0 saturated carbocycles. The van der Waals surface area contributed by atoms with Crippen LogP contribution in [0.1, 0.15) is 44.2 Å². The van der Waals surface area contributed by atoms with Crippen molar-refractivity contribution in [3.63, 3.8) is 0 Å². The smallest absolute Gasteiger partial charge is 0.378 e. The number of hydrogen-bond acceptors (Lipinski definition) is 12. The lowest BCUT2D eigenvalue weighted by Crippen LogP contribution is -2.66. The number of likely N-dealkylation sites (tertiary alicyclic amines) is 1. The maximum atomic E-state index is 13.3. The van der Waals surface area contributed by atoms with Crippen LogP contribution in [-0.4, -0.2) is 120 Å². The second kappa shape index (κ2) is 12.0. The van der Waals surface area contributed by atoms with Gasteiger partial charge in [0.25, 0.3) is 5.82 Å². The van der Waals surface area contributed by atoms with Crippen LogP contribution in [-0.2, 0) is 30.5 Å². The predicted octanol–water partition coefficient (Wildman–Crippen LogP) is -1.85. The Hall–Kier alpha value is -3.57. The summed E-state index contributed by atoms with van der Waals surface area (Å²) in [6.45, 7) is 6.65. The molecule has 0 unspecified atom stereocenters. The summed E-state index contributed by atoms with van der Waals surface area (Å²) in [5.74, 6) is -4.01. The minimum Gasteiger partial charge on any atom is -0.477 e. The normalized spacial score (nSPS) is 29.4. The van der Waals surface area contributed by atoms with Crippen molar-refractivity contribution in [3.8, 4) is 0 Å². The number of nitrogens with two attached hydrogens (primary N) is 1. The van der Waals surface area contributed by atoms with Gasteiger partial charge in [0, 0.05) is 47.8 Å². The van der Waals surface area contributed by atoms with Crippen LogP contribution in [0.5, 0.6) is 0 Å². The van der Waals surface area contributed by atoms with Crippen LogP contribution in [0, 0.1) is 11.8 Å². The molecule has 0 radical (unpaired) electrons. The van der Waals surface area contributed by atoms with Gasteiger partial charge in [-0.05, 0) is 37.1 Å².